The maximum atomic E-state index is 13.2. The van der Waals surface area contributed by atoms with E-state index in [2.05, 4.69) is 15.3 Å². The van der Waals surface area contributed by atoms with Gasteiger partial charge in [0, 0.05) is 31.3 Å². The minimum atomic E-state index is -0.339. The second kappa shape index (κ2) is 6.45. The van der Waals surface area contributed by atoms with E-state index >= 15 is 0 Å². The smallest absolute Gasteiger partial charge is 0.295 e. The van der Waals surface area contributed by atoms with Gasteiger partial charge < -0.3 is 19.2 Å². The van der Waals surface area contributed by atoms with E-state index in [1.165, 1.54) is 12.1 Å². The van der Waals surface area contributed by atoms with Gasteiger partial charge in [0.2, 0.25) is 5.88 Å². The first-order chi connectivity index (χ1) is 11.8. The molecule has 1 saturated heterocycles. The zero-order chi connectivity index (χ0) is 16.4. The number of halogens is 1. The standard InChI is InChI=1S/C17H16FN3O3/c18-12-1-2-15-14(8-12)21-17(24-15)20-9-11-3-5-19-16(7-11)23-13-4-6-22-10-13/h1-3,5,7-8,13H,4,6,9-10H2,(H,20,21)/t13-/m0/s1. The van der Waals surface area contributed by atoms with Gasteiger partial charge in [0.05, 0.1) is 13.2 Å². The molecular weight excluding hydrogens is 313 g/mol. The van der Waals surface area contributed by atoms with E-state index in [9.17, 15) is 4.39 Å². The van der Waals surface area contributed by atoms with E-state index in [1.807, 2.05) is 12.1 Å². The molecule has 2 aromatic heterocycles. The molecule has 0 radical (unpaired) electrons. The molecule has 7 heteroatoms. The predicted octanol–water partition coefficient (Wildman–Crippen LogP) is 3.14. The Kier molecular flexibility index (Phi) is 4.00. The van der Waals surface area contributed by atoms with Gasteiger partial charge in [-0.1, -0.05) is 0 Å². The van der Waals surface area contributed by atoms with Crippen molar-refractivity contribution in [2.45, 2.75) is 19.1 Å². The quantitative estimate of drug-likeness (QED) is 0.775. The lowest BCUT2D eigenvalue weighted by molar-refractivity contribution is 0.138. The van der Waals surface area contributed by atoms with Crippen molar-refractivity contribution in [3.8, 4) is 5.88 Å². The molecule has 124 valence electrons. The number of oxazole rings is 1. The van der Waals surface area contributed by atoms with E-state index < -0.39 is 0 Å². The summed E-state index contributed by atoms with van der Waals surface area (Å²) in [5.74, 6) is 0.235. The van der Waals surface area contributed by atoms with Crippen LogP contribution in [0.5, 0.6) is 5.88 Å². The number of nitrogens with zero attached hydrogens (tertiary/aromatic N) is 2. The molecule has 4 rings (SSSR count). The minimum absolute atomic E-state index is 0.0626. The second-order valence-electron chi connectivity index (χ2n) is 5.59. The molecule has 0 spiro atoms. The van der Waals surface area contributed by atoms with Crippen molar-refractivity contribution < 1.29 is 18.3 Å². The SMILES string of the molecule is Fc1ccc2oc(NCc3ccnc(O[C@H]4CCOC4)c3)nc2c1. The fourth-order valence-electron chi connectivity index (χ4n) is 2.56. The predicted molar refractivity (Wildman–Crippen MR) is 85.4 cm³/mol. The van der Waals surface area contributed by atoms with Gasteiger partial charge in [-0.05, 0) is 23.8 Å². The summed E-state index contributed by atoms with van der Waals surface area (Å²) in [6.07, 6.45) is 2.64. The van der Waals surface area contributed by atoms with Crippen LogP contribution >= 0.6 is 0 Å². The summed E-state index contributed by atoms with van der Waals surface area (Å²) in [6, 6.07) is 8.34. The first kappa shape index (κ1) is 14.9. The Balaban J connectivity index is 1.42. The van der Waals surface area contributed by atoms with Crippen LogP contribution in [-0.4, -0.2) is 29.3 Å². The molecule has 0 aliphatic carbocycles. The minimum Gasteiger partial charge on any atom is -0.472 e. The molecule has 3 aromatic rings. The molecule has 1 atom stereocenters. The highest BCUT2D eigenvalue weighted by atomic mass is 19.1. The number of hydrogen-bond acceptors (Lipinski definition) is 6. The average Bonchev–Trinajstić information content (AvgIpc) is 3.22. The zero-order valence-electron chi connectivity index (χ0n) is 12.9. The normalized spacial score (nSPS) is 17.3. The summed E-state index contributed by atoms with van der Waals surface area (Å²) in [5.41, 5.74) is 2.00. The Bertz CT molecular complexity index is 846. The van der Waals surface area contributed by atoms with E-state index in [1.54, 1.807) is 12.3 Å². The Labute approximate surface area is 137 Å². The van der Waals surface area contributed by atoms with E-state index in [0.717, 1.165) is 18.6 Å². The van der Waals surface area contributed by atoms with Crippen LogP contribution in [0.4, 0.5) is 10.4 Å². The summed E-state index contributed by atoms with van der Waals surface area (Å²) >= 11 is 0. The van der Waals surface area contributed by atoms with Crippen LogP contribution in [0.25, 0.3) is 11.1 Å². The van der Waals surface area contributed by atoms with Crippen molar-refractivity contribution >= 4 is 17.1 Å². The van der Waals surface area contributed by atoms with E-state index in [-0.39, 0.29) is 11.9 Å². The van der Waals surface area contributed by atoms with Gasteiger partial charge in [-0.3, -0.25) is 0 Å². The van der Waals surface area contributed by atoms with Crippen LogP contribution in [0, 0.1) is 5.82 Å². The number of benzene rings is 1. The Morgan fingerprint density at radius 3 is 3.12 bits per heavy atom. The van der Waals surface area contributed by atoms with Gasteiger partial charge in [-0.25, -0.2) is 9.37 Å². The fourth-order valence-corrected chi connectivity index (χ4v) is 2.56. The topological polar surface area (TPSA) is 69.4 Å². The number of hydrogen-bond donors (Lipinski definition) is 1. The van der Waals surface area contributed by atoms with Gasteiger partial charge in [-0.15, -0.1) is 0 Å². The lowest BCUT2D eigenvalue weighted by Crippen LogP contribution is -2.16. The molecule has 1 aliphatic heterocycles. The maximum Gasteiger partial charge on any atom is 0.295 e. The molecule has 1 fully saturated rings. The fraction of sp³-hybridized carbons (Fsp3) is 0.294. The number of anilines is 1. The highest BCUT2D eigenvalue weighted by molar-refractivity contribution is 5.74. The molecule has 3 heterocycles. The van der Waals surface area contributed by atoms with Crippen LogP contribution in [0.15, 0.2) is 40.9 Å². The largest absolute Gasteiger partial charge is 0.472 e. The monoisotopic (exact) mass is 329 g/mol. The number of nitrogens with one attached hydrogen (secondary N) is 1. The van der Waals surface area contributed by atoms with Crippen molar-refractivity contribution in [1.82, 2.24) is 9.97 Å². The van der Waals surface area contributed by atoms with Crippen LogP contribution in [0.2, 0.25) is 0 Å². The molecular formula is C17H16FN3O3. The summed E-state index contributed by atoms with van der Waals surface area (Å²) in [7, 11) is 0. The zero-order valence-corrected chi connectivity index (χ0v) is 12.9. The van der Waals surface area contributed by atoms with Crippen molar-refractivity contribution in [2.75, 3.05) is 18.5 Å². The summed E-state index contributed by atoms with van der Waals surface area (Å²) in [6.45, 7) is 1.82. The van der Waals surface area contributed by atoms with E-state index in [0.29, 0.717) is 36.1 Å². The first-order valence-corrected chi connectivity index (χ1v) is 7.75. The molecule has 0 bridgehead atoms. The van der Waals surface area contributed by atoms with Gasteiger partial charge in [0.15, 0.2) is 5.58 Å². The van der Waals surface area contributed by atoms with Gasteiger partial charge >= 0.3 is 0 Å². The second-order valence-corrected chi connectivity index (χ2v) is 5.59. The number of fused-ring (bicyclic) bond motifs is 1. The molecule has 6 nitrogen and oxygen atoms in total. The molecule has 0 saturated carbocycles. The third-order valence-electron chi connectivity index (χ3n) is 3.77. The molecule has 1 aromatic carbocycles. The Hall–Kier alpha value is -2.67. The molecule has 1 aliphatic rings. The van der Waals surface area contributed by atoms with Crippen molar-refractivity contribution in [1.29, 1.82) is 0 Å². The van der Waals surface area contributed by atoms with Gasteiger partial charge in [0.25, 0.3) is 6.01 Å². The third-order valence-corrected chi connectivity index (χ3v) is 3.77. The first-order valence-electron chi connectivity index (χ1n) is 7.75. The molecule has 0 amide bonds. The van der Waals surface area contributed by atoms with Crippen LogP contribution in [-0.2, 0) is 11.3 Å². The Morgan fingerprint density at radius 2 is 2.25 bits per heavy atom. The molecule has 1 N–H and O–H groups in total. The van der Waals surface area contributed by atoms with Crippen molar-refractivity contribution in [2.24, 2.45) is 0 Å². The Morgan fingerprint density at radius 1 is 1.29 bits per heavy atom. The van der Waals surface area contributed by atoms with Crippen LogP contribution in [0.3, 0.4) is 0 Å². The lowest BCUT2D eigenvalue weighted by Gasteiger charge is -2.11. The molecule has 0 unspecified atom stereocenters. The van der Waals surface area contributed by atoms with Crippen molar-refractivity contribution in [3.05, 3.63) is 47.9 Å². The number of rotatable bonds is 5. The number of pyridine rings is 1. The molecule has 24 heavy (non-hydrogen) atoms. The number of aromatic nitrogens is 2. The van der Waals surface area contributed by atoms with Gasteiger partial charge in [0.1, 0.15) is 17.4 Å². The lowest BCUT2D eigenvalue weighted by atomic mass is 10.2. The van der Waals surface area contributed by atoms with Crippen LogP contribution in [0.1, 0.15) is 12.0 Å². The maximum absolute atomic E-state index is 13.2. The van der Waals surface area contributed by atoms with E-state index in [4.69, 9.17) is 13.9 Å². The number of ether oxygens (including phenoxy) is 2. The highest BCUT2D eigenvalue weighted by Crippen LogP contribution is 2.21. The van der Waals surface area contributed by atoms with Crippen molar-refractivity contribution in [3.63, 3.8) is 0 Å². The van der Waals surface area contributed by atoms with Gasteiger partial charge in [-0.2, -0.15) is 4.98 Å². The summed E-state index contributed by atoms with van der Waals surface area (Å²) < 4.78 is 29.8. The third kappa shape index (κ3) is 3.30. The summed E-state index contributed by atoms with van der Waals surface area (Å²) in [5, 5.41) is 3.08. The highest BCUT2D eigenvalue weighted by Gasteiger charge is 2.17. The average molecular weight is 329 g/mol. The van der Waals surface area contributed by atoms with Crippen LogP contribution < -0.4 is 10.1 Å². The summed E-state index contributed by atoms with van der Waals surface area (Å²) in [4.78, 5) is 8.43.